The molecule has 76 valence electrons. The largest absolute Gasteiger partial charge is 0.314 e. The summed E-state index contributed by atoms with van der Waals surface area (Å²) in [6.07, 6.45) is 5.23. The van der Waals surface area contributed by atoms with Gasteiger partial charge in [-0.25, -0.2) is 0 Å². The van der Waals surface area contributed by atoms with Crippen LogP contribution in [0.25, 0.3) is 0 Å². The Hall–Kier alpha value is -0.340. The molecule has 0 aromatic heterocycles. The molecule has 1 aromatic rings. The Labute approximate surface area is 94.0 Å². The van der Waals surface area contributed by atoms with E-state index in [1.165, 1.54) is 37.8 Å². The molecule has 1 nitrogen and oxygen atoms in total. The molecule has 1 fully saturated rings. The van der Waals surface area contributed by atoms with Gasteiger partial charge in [-0.3, -0.25) is 0 Å². The van der Waals surface area contributed by atoms with Crippen molar-refractivity contribution in [1.29, 1.82) is 0 Å². The number of benzene rings is 1. The van der Waals surface area contributed by atoms with Gasteiger partial charge in [-0.2, -0.15) is 0 Å². The van der Waals surface area contributed by atoms with E-state index >= 15 is 0 Å². The summed E-state index contributed by atoms with van der Waals surface area (Å²) in [5.74, 6) is 0. The zero-order valence-corrected chi connectivity index (χ0v) is 9.89. The standard InChI is InChI=1S/C12H16BrN/c13-11-6-4-10(5-7-11)9-12-3-1-2-8-14-12/h4-7,12,14H,1-3,8-9H2. The molecule has 1 atom stereocenters. The number of hydrogen-bond acceptors (Lipinski definition) is 1. The first-order chi connectivity index (χ1) is 6.84. The summed E-state index contributed by atoms with van der Waals surface area (Å²) in [6.45, 7) is 1.20. The van der Waals surface area contributed by atoms with Crippen LogP contribution in [0.3, 0.4) is 0 Å². The van der Waals surface area contributed by atoms with Crippen molar-refractivity contribution < 1.29 is 0 Å². The predicted molar refractivity (Wildman–Crippen MR) is 63.5 cm³/mol. The van der Waals surface area contributed by atoms with Crippen molar-refractivity contribution in [2.45, 2.75) is 31.7 Å². The highest BCUT2D eigenvalue weighted by atomic mass is 79.9. The van der Waals surface area contributed by atoms with E-state index in [4.69, 9.17) is 0 Å². The van der Waals surface area contributed by atoms with E-state index in [0.717, 1.165) is 4.47 Å². The molecule has 1 heterocycles. The lowest BCUT2D eigenvalue weighted by Crippen LogP contribution is -2.35. The summed E-state index contributed by atoms with van der Waals surface area (Å²) in [4.78, 5) is 0. The maximum atomic E-state index is 3.57. The normalized spacial score (nSPS) is 22.2. The Kier molecular flexibility index (Phi) is 3.60. The molecule has 1 saturated heterocycles. The van der Waals surface area contributed by atoms with E-state index in [2.05, 4.69) is 45.5 Å². The molecule has 2 heteroatoms. The van der Waals surface area contributed by atoms with Crippen molar-refractivity contribution >= 4 is 15.9 Å². The molecule has 0 bridgehead atoms. The first-order valence-corrected chi connectivity index (χ1v) is 6.12. The highest BCUT2D eigenvalue weighted by Crippen LogP contribution is 2.15. The minimum atomic E-state index is 0.699. The van der Waals surface area contributed by atoms with Crippen LogP contribution in [0.1, 0.15) is 24.8 Å². The monoisotopic (exact) mass is 253 g/mol. The molecule has 2 rings (SSSR count). The van der Waals surface area contributed by atoms with E-state index in [1.54, 1.807) is 0 Å². The zero-order chi connectivity index (χ0) is 9.80. The molecule has 0 amide bonds. The van der Waals surface area contributed by atoms with Crippen LogP contribution in [0.15, 0.2) is 28.7 Å². The summed E-state index contributed by atoms with van der Waals surface area (Å²) in [5, 5.41) is 3.57. The quantitative estimate of drug-likeness (QED) is 0.854. The SMILES string of the molecule is Brc1ccc(CC2CCCCN2)cc1. The van der Waals surface area contributed by atoms with Crippen LogP contribution in [0, 0.1) is 0 Å². The highest BCUT2D eigenvalue weighted by molar-refractivity contribution is 9.10. The number of hydrogen-bond donors (Lipinski definition) is 1. The topological polar surface area (TPSA) is 12.0 Å². The Balaban J connectivity index is 1.92. The van der Waals surface area contributed by atoms with Crippen molar-refractivity contribution in [3.63, 3.8) is 0 Å². The Bertz CT molecular complexity index is 275. The first-order valence-electron chi connectivity index (χ1n) is 5.32. The van der Waals surface area contributed by atoms with Gasteiger partial charge in [-0.1, -0.05) is 34.5 Å². The molecule has 0 spiro atoms. The van der Waals surface area contributed by atoms with Crippen LogP contribution in [0.5, 0.6) is 0 Å². The number of rotatable bonds is 2. The first kappa shape index (κ1) is 10.2. The summed E-state index contributed by atoms with van der Waals surface area (Å²) in [6, 6.07) is 9.36. The van der Waals surface area contributed by atoms with E-state index in [1.807, 2.05) is 0 Å². The molecule has 1 N–H and O–H groups in total. The molecule has 1 aliphatic rings. The van der Waals surface area contributed by atoms with Crippen LogP contribution in [-0.2, 0) is 6.42 Å². The van der Waals surface area contributed by atoms with E-state index in [-0.39, 0.29) is 0 Å². The van der Waals surface area contributed by atoms with Gasteiger partial charge in [0.25, 0.3) is 0 Å². The summed E-state index contributed by atoms with van der Waals surface area (Å²) in [7, 11) is 0. The van der Waals surface area contributed by atoms with Crippen LogP contribution >= 0.6 is 15.9 Å². The Morgan fingerprint density at radius 1 is 1.21 bits per heavy atom. The van der Waals surface area contributed by atoms with Gasteiger partial charge in [0.05, 0.1) is 0 Å². The van der Waals surface area contributed by atoms with Gasteiger partial charge in [0.15, 0.2) is 0 Å². The molecule has 0 radical (unpaired) electrons. The lowest BCUT2D eigenvalue weighted by atomic mass is 9.98. The highest BCUT2D eigenvalue weighted by Gasteiger charge is 2.12. The molecule has 1 aromatic carbocycles. The van der Waals surface area contributed by atoms with Gasteiger partial charge < -0.3 is 5.32 Å². The minimum Gasteiger partial charge on any atom is -0.314 e. The van der Waals surface area contributed by atoms with Crippen molar-refractivity contribution in [2.24, 2.45) is 0 Å². The second-order valence-corrected chi connectivity index (χ2v) is 4.89. The van der Waals surface area contributed by atoms with Gasteiger partial charge in [-0.05, 0) is 43.5 Å². The van der Waals surface area contributed by atoms with Gasteiger partial charge >= 0.3 is 0 Å². The fourth-order valence-corrected chi connectivity index (χ4v) is 2.27. The molecule has 14 heavy (non-hydrogen) atoms. The molecule has 1 aliphatic heterocycles. The maximum Gasteiger partial charge on any atom is 0.0175 e. The van der Waals surface area contributed by atoms with Gasteiger partial charge in [-0.15, -0.1) is 0 Å². The van der Waals surface area contributed by atoms with Crippen molar-refractivity contribution in [2.75, 3.05) is 6.54 Å². The van der Waals surface area contributed by atoms with Gasteiger partial charge in [0, 0.05) is 10.5 Å². The summed E-state index contributed by atoms with van der Waals surface area (Å²) >= 11 is 3.46. The van der Waals surface area contributed by atoms with Crippen LogP contribution < -0.4 is 5.32 Å². The zero-order valence-electron chi connectivity index (χ0n) is 8.30. The van der Waals surface area contributed by atoms with Crippen molar-refractivity contribution in [3.8, 4) is 0 Å². The van der Waals surface area contributed by atoms with Gasteiger partial charge in [0.2, 0.25) is 0 Å². The minimum absolute atomic E-state index is 0.699. The number of halogens is 1. The third-order valence-electron chi connectivity index (χ3n) is 2.81. The third kappa shape index (κ3) is 2.82. The fraction of sp³-hybridized carbons (Fsp3) is 0.500. The molecule has 0 aliphatic carbocycles. The lowest BCUT2D eigenvalue weighted by Gasteiger charge is -2.23. The third-order valence-corrected chi connectivity index (χ3v) is 3.34. The smallest absolute Gasteiger partial charge is 0.0175 e. The van der Waals surface area contributed by atoms with E-state index in [0.29, 0.717) is 6.04 Å². The average Bonchev–Trinajstić information content (AvgIpc) is 2.23. The van der Waals surface area contributed by atoms with Crippen LogP contribution in [0.4, 0.5) is 0 Å². The second kappa shape index (κ2) is 4.94. The van der Waals surface area contributed by atoms with Crippen LogP contribution in [0.2, 0.25) is 0 Å². The lowest BCUT2D eigenvalue weighted by molar-refractivity contribution is 0.399. The molecular weight excluding hydrogens is 238 g/mol. The number of piperidine rings is 1. The fourth-order valence-electron chi connectivity index (χ4n) is 2.00. The Morgan fingerprint density at radius 2 is 2.00 bits per heavy atom. The molecule has 0 saturated carbocycles. The van der Waals surface area contributed by atoms with Crippen molar-refractivity contribution in [1.82, 2.24) is 5.32 Å². The molecule has 1 unspecified atom stereocenters. The average molecular weight is 254 g/mol. The predicted octanol–water partition coefficient (Wildman–Crippen LogP) is 3.13. The molecular formula is C12H16BrN. The van der Waals surface area contributed by atoms with Gasteiger partial charge in [0.1, 0.15) is 0 Å². The summed E-state index contributed by atoms with van der Waals surface area (Å²) in [5.41, 5.74) is 1.44. The number of nitrogens with one attached hydrogen (secondary N) is 1. The van der Waals surface area contributed by atoms with Crippen LogP contribution in [-0.4, -0.2) is 12.6 Å². The summed E-state index contributed by atoms with van der Waals surface area (Å²) < 4.78 is 1.16. The van der Waals surface area contributed by atoms with E-state index < -0.39 is 0 Å². The Morgan fingerprint density at radius 3 is 2.64 bits per heavy atom. The second-order valence-electron chi connectivity index (χ2n) is 3.98. The van der Waals surface area contributed by atoms with Crippen molar-refractivity contribution in [3.05, 3.63) is 34.3 Å². The maximum absolute atomic E-state index is 3.57. The van der Waals surface area contributed by atoms with E-state index in [9.17, 15) is 0 Å².